The van der Waals surface area contributed by atoms with Crippen LogP contribution < -0.4 is 10.2 Å². The van der Waals surface area contributed by atoms with Crippen molar-refractivity contribution in [1.82, 2.24) is 5.32 Å². The van der Waals surface area contributed by atoms with Crippen LogP contribution in [0.2, 0.25) is 0 Å². The number of nitrogens with one attached hydrogen (secondary N) is 1. The molecule has 0 spiro atoms. The van der Waals surface area contributed by atoms with Crippen LogP contribution in [0.4, 0.5) is 24.5 Å². The van der Waals surface area contributed by atoms with E-state index in [1.54, 1.807) is 11.8 Å². The lowest BCUT2D eigenvalue weighted by Crippen LogP contribution is -2.34. The molecule has 120 valence electrons. The maximum atomic E-state index is 12.7. The van der Waals surface area contributed by atoms with Crippen molar-refractivity contribution in [2.75, 3.05) is 18.0 Å². The molecule has 1 saturated heterocycles. The van der Waals surface area contributed by atoms with Crippen LogP contribution in [0.1, 0.15) is 18.9 Å². The molecule has 1 fully saturated rings. The van der Waals surface area contributed by atoms with Gasteiger partial charge < -0.3 is 10.2 Å². The van der Waals surface area contributed by atoms with Gasteiger partial charge in [-0.05, 0) is 19.1 Å². The van der Waals surface area contributed by atoms with E-state index in [2.05, 4.69) is 5.32 Å². The number of amides is 1. The second kappa shape index (κ2) is 5.82. The molecule has 0 aromatic heterocycles. The molecule has 6 nitrogen and oxygen atoms in total. The van der Waals surface area contributed by atoms with E-state index in [1.165, 1.54) is 0 Å². The van der Waals surface area contributed by atoms with E-state index in [9.17, 15) is 28.1 Å². The fourth-order valence-corrected chi connectivity index (χ4v) is 2.43. The average Bonchev–Trinajstić information content (AvgIpc) is 2.57. The molecule has 1 heterocycles. The third-order valence-corrected chi connectivity index (χ3v) is 3.50. The molecule has 1 amide bonds. The third kappa shape index (κ3) is 3.29. The summed E-state index contributed by atoms with van der Waals surface area (Å²) >= 11 is 0. The summed E-state index contributed by atoms with van der Waals surface area (Å²) in [7, 11) is 0. The number of nitro groups is 1. The van der Waals surface area contributed by atoms with Crippen LogP contribution in [0.5, 0.6) is 0 Å². The number of nitrogens with zero attached hydrogens (tertiary/aromatic N) is 2. The maximum absolute atomic E-state index is 12.7. The Hall–Kier alpha value is -2.32. The highest BCUT2D eigenvalue weighted by atomic mass is 19.4. The molecule has 2 rings (SSSR count). The van der Waals surface area contributed by atoms with Crippen LogP contribution in [-0.4, -0.2) is 30.0 Å². The lowest BCUT2D eigenvalue weighted by molar-refractivity contribution is -0.384. The first-order valence-electron chi connectivity index (χ1n) is 6.59. The molecule has 1 N–H and O–H groups in total. The van der Waals surface area contributed by atoms with E-state index in [-0.39, 0.29) is 30.6 Å². The van der Waals surface area contributed by atoms with E-state index < -0.39 is 22.4 Å². The Bertz CT molecular complexity index is 604. The molecule has 22 heavy (non-hydrogen) atoms. The lowest BCUT2D eigenvalue weighted by Gasteiger charge is -2.28. The third-order valence-electron chi connectivity index (χ3n) is 3.50. The average molecular weight is 317 g/mol. The SMILES string of the molecule is C[C@@H]1CC(=O)NCCN1c1ccc(C(F)(F)F)cc1[N+](=O)[O-]. The van der Waals surface area contributed by atoms with E-state index in [1.807, 2.05) is 0 Å². The van der Waals surface area contributed by atoms with Gasteiger partial charge in [-0.25, -0.2) is 0 Å². The van der Waals surface area contributed by atoms with E-state index in [0.29, 0.717) is 12.6 Å². The van der Waals surface area contributed by atoms with Gasteiger partial charge in [0.15, 0.2) is 0 Å². The predicted octanol–water partition coefficient (Wildman–Crippen LogP) is 2.33. The number of nitro benzene ring substituents is 1. The molecule has 1 aliphatic heterocycles. The Morgan fingerprint density at radius 1 is 1.41 bits per heavy atom. The van der Waals surface area contributed by atoms with Gasteiger partial charge in [-0.15, -0.1) is 0 Å². The molecule has 0 bridgehead atoms. The van der Waals surface area contributed by atoms with Crippen molar-refractivity contribution >= 4 is 17.3 Å². The second-order valence-corrected chi connectivity index (χ2v) is 5.05. The summed E-state index contributed by atoms with van der Waals surface area (Å²) in [5.74, 6) is -0.190. The number of anilines is 1. The van der Waals surface area contributed by atoms with Gasteiger partial charge in [0, 0.05) is 31.6 Å². The fraction of sp³-hybridized carbons (Fsp3) is 0.462. The monoisotopic (exact) mass is 317 g/mol. The maximum Gasteiger partial charge on any atom is 0.416 e. The van der Waals surface area contributed by atoms with Gasteiger partial charge in [0.25, 0.3) is 5.69 Å². The number of rotatable bonds is 2. The van der Waals surface area contributed by atoms with Crippen molar-refractivity contribution in [2.45, 2.75) is 25.6 Å². The highest BCUT2D eigenvalue weighted by Gasteiger charge is 2.34. The second-order valence-electron chi connectivity index (χ2n) is 5.05. The Morgan fingerprint density at radius 3 is 2.68 bits per heavy atom. The molecule has 0 unspecified atom stereocenters. The first-order valence-corrected chi connectivity index (χ1v) is 6.59. The van der Waals surface area contributed by atoms with Gasteiger partial charge in [-0.2, -0.15) is 13.2 Å². The van der Waals surface area contributed by atoms with Gasteiger partial charge in [-0.1, -0.05) is 0 Å². The summed E-state index contributed by atoms with van der Waals surface area (Å²) in [6, 6.07) is 2.09. The van der Waals surface area contributed by atoms with Crippen LogP contribution in [0.3, 0.4) is 0 Å². The molecule has 0 saturated carbocycles. The number of carbonyl (C=O) groups is 1. The summed E-state index contributed by atoms with van der Waals surface area (Å²) in [5, 5.41) is 13.8. The summed E-state index contributed by atoms with van der Waals surface area (Å²) in [6.07, 6.45) is -4.52. The summed E-state index contributed by atoms with van der Waals surface area (Å²) < 4.78 is 38.1. The number of halogens is 3. The molecule has 1 aliphatic rings. The van der Waals surface area contributed by atoms with Gasteiger partial charge in [0.1, 0.15) is 5.69 Å². The standard InChI is InChI=1S/C13H14F3N3O3/c1-8-6-12(20)17-4-5-18(8)10-3-2-9(13(14,15)16)7-11(10)19(21)22/h2-3,7-8H,4-6H2,1H3,(H,17,20)/t8-/m1/s1. The van der Waals surface area contributed by atoms with Gasteiger partial charge in [0.2, 0.25) is 5.91 Å². The van der Waals surface area contributed by atoms with Crippen molar-refractivity contribution < 1.29 is 22.9 Å². The van der Waals surface area contributed by atoms with Crippen LogP contribution >= 0.6 is 0 Å². The van der Waals surface area contributed by atoms with Gasteiger partial charge in [0.05, 0.1) is 10.5 Å². The number of benzene rings is 1. The van der Waals surface area contributed by atoms with Crippen molar-refractivity contribution in [3.63, 3.8) is 0 Å². The Kier molecular flexibility index (Phi) is 4.25. The summed E-state index contributed by atoms with van der Waals surface area (Å²) in [4.78, 5) is 23.3. The topological polar surface area (TPSA) is 75.5 Å². The first-order chi connectivity index (χ1) is 10.2. The van der Waals surface area contributed by atoms with Crippen LogP contribution in [-0.2, 0) is 11.0 Å². The quantitative estimate of drug-likeness (QED) is 0.671. The smallest absolute Gasteiger partial charge is 0.361 e. The minimum absolute atomic E-state index is 0.0852. The molecule has 9 heteroatoms. The molecule has 0 radical (unpaired) electrons. The normalized spacial score (nSPS) is 19.5. The molecular weight excluding hydrogens is 303 g/mol. The largest absolute Gasteiger partial charge is 0.416 e. The minimum Gasteiger partial charge on any atom is -0.361 e. The van der Waals surface area contributed by atoms with E-state index in [4.69, 9.17) is 0 Å². The molecule has 1 aromatic carbocycles. The van der Waals surface area contributed by atoms with Gasteiger partial charge in [-0.3, -0.25) is 14.9 Å². The predicted molar refractivity (Wildman–Crippen MR) is 72.5 cm³/mol. The zero-order valence-electron chi connectivity index (χ0n) is 11.7. The Morgan fingerprint density at radius 2 is 2.09 bits per heavy atom. The highest BCUT2D eigenvalue weighted by molar-refractivity contribution is 5.78. The summed E-state index contributed by atoms with van der Waals surface area (Å²) in [6.45, 7) is 2.27. The van der Waals surface area contributed by atoms with Crippen LogP contribution in [0, 0.1) is 10.1 Å². The lowest BCUT2D eigenvalue weighted by atomic mass is 10.1. The van der Waals surface area contributed by atoms with Crippen molar-refractivity contribution in [3.05, 3.63) is 33.9 Å². The number of hydrogen-bond donors (Lipinski definition) is 1. The van der Waals surface area contributed by atoms with Crippen molar-refractivity contribution in [2.24, 2.45) is 0 Å². The first kappa shape index (κ1) is 16.1. The number of alkyl halides is 3. The number of hydrogen-bond acceptors (Lipinski definition) is 4. The van der Waals surface area contributed by atoms with Crippen LogP contribution in [0.25, 0.3) is 0 Å². The van der Waals surface area contributed by atoms with Crippen molar-refractivity contribution in [3.8, 4) is 0 Å². The van der Waals surface area contributed by atoms with Gasteiger partial charge >= 0.3 is 6.18 Å². The van der Waals surface area contributed by atoms with Crippen LogP contribution in [0.15, 0.2) is 18.2 Å². The Balaban J connectivity index is 2.45. The summed E-state index contributed by atoms with van der Waals surface area (Å²) in [5.41, 5.74) is -1.60. The fourth-order valence-electron chi connectivity index (χ4n) is 2.43. The van der Waals surface area contributed by atoms with Crippen molar-refractivity contribution in [1.29, 1.82) is 0 Å². The number of carbonyl (C=O) groups excluding carboxylic acids is 1. The highest BCUT2D eigenvalue weighted by Crippen LogP contribution is 2.37. The van der Waals surface area contributed by atoms with E-state index in [0.717, 1.165) is 12.1 Å². The molecule has 1 atom stereocenters. The molecule has 1 aromatic rings. The molecular formula is C13H14F3N3O3. The zero-order chi connectivity index (χ0) is 16.5. The minimum atomic E-state index is -4.65. The Labute approximate surface area is 124 Å². The van der Waals surface area contributed by atoms with E-state index >= 15 is 0 Å². The zero-order valence-corrected chi connectivity index (χ0v) is 11.7. The molecule has 0 aliphatic carbocycles.